The summed E-state index contributed by atoms with van der Waals surface area (Å²) >= 11 is 5.62. The summed E-state index contributed by atoms with van der Waals surface area (Å²) in [7, 11) is 0. The van der Waals surface area contributed by atoms with Gasteiger partial charge in [-0.05, 0) is 18.6 Å². The zero-order valence-corrected chi connectivity index (χ0v) is 10.9. The Kier molecular flexibility index (Phi) is 4.99. The molecule has 0 fully saturated rings. The Morgan fingerprint density at radius 3 is 2.58 bits per heavy atom. The Bertz CT molecular complexity index is 445. The van der Waals surface area contributed by atoms with Crippen molar-refractivity contribution in [3.8, 4) is 0 Å². The molecule has 0 aromatic carbocycles. The summed E-state index contributed by atoms with van der Waals surface area (Å²) in [5, 5.41) is -0.0354. The number of amides is 1. The largest absolute Gasteiger partial charge is 0.406 e. The fraction of sp³-hybridized carbons (Fsp3) is 0.455. The Balaban J connectivity index is 2.98. The third kappa shape index (κ3) is 4.94. The van der Waals surface area contributed by atoms with Crippen LogP contribution in [0.3, 0.4) is 0 Å². The quantitative estimate of drug-likeness (QED) is 0.869. The number of hydrogen-bond acceptors (Lipinski definition) is 3. The number of nitrogens with zero attached hydrogens (tertiary/aromatic N) is 2. The topological polar surface area (TPSA) is 59.2 Å². The number of hydrogen-bond donors (Lipinski definition) is 1. The molecule has 1 heterocycles. The number of carbonyl (C=O) groups excluding carboxylic acids is 1. The van der Waals surface area contributed by atoms with Gasteiger partial charge in [0.2, 0.25) is 0 Å². The molecular formula is C11H13ClF3N3O. The summed E-state index contributed by atoms with van der Waals surface area (Å²) in [5.41, 5.74) is 5.41. The molecule has 106 valence electrons. The number of anilines is 1. The Morgan fingerprint density at radius 1 is 1.47 bits per heavy atom. The van der Waals surface area contributed by atoms with Crippen molar-refractivity contribution in [3.63, 3.8) is 0 Å². The zero-order valence-electron chi connectivity index (χ0n) is 10.2. The van der Waals surface area contributed by atoms with Gasteiger partial charge in [-0.1, -0.05) is 18.5 Å². The molecule has 0 spiro atoms. The van der Waals surface area contributed by atoms with Crippen molar-refractivity contribution in [2.75, 3.05) is 18.8 Å². The first-order valence-corrected chi connectivity index (χ1v) is 5.90. The lowest BCUT2D eigenvalue weighted by atomic mass is 10.2. The monoisotopic (exact) mass is 295 g/mol. The van der Waals surface area contributed by atoms with Crippen molar-refractivity contribution in [1.82, 2.24) is 9.88 Å². The van der Waals surface area contributed by atoms with Gasteiger partial charge in [-0.15, -0.1) is 0 Å². The first-order valence-electron chi connectivity index (χ1n) is 5.52. The molecule has 1 amide bonds. The van der Waals surface area contributed by atoms with E-state index in [1.807, 2.05) is 0 Å². The number of nitrogens with two attached hydrogens (primary N) is 1. The molecule has 0 aliphatic rings. The molecule has 0 bridgehead atoms. The van der Waals surface area contributed by atoms with Crippen molar-refractivity contribution in [2.45, 2.75) is 19.5 Å². The van der Waals surface area contributed by atoms with E-state index in [1.165, 1.54) is 12.1 Å². The average Bonchev–Trinajstić information content (AvgIpc) is 2.24. The van der Waals surface area contributed by atoms with E-state index >= 15 is 0 Å². The summed E-state index contributed by atoms with van der Waals surface area (Å²) in [6.45, 7) is 0.377. The molecule has 0 aliphatic carbocycles. The highest BCUT2D eigenvalue weighted by molar-refractivity contribution is 6.29. The molecule has 0 aliphatic heterocycles. The summed E-state index contributed by atoms with van der Waals surface area (Å²) in [6, 6.07) is 2.40. The lowest BCUT2D eigenvalue weighted by Crippen LogP contribution is -2.39. The fourth-order valence-electron chi connectivity index (χ4n) is 1.56. The van der Waals surface area contributed by atoms with Crippen LogP contribution >= 0.6 is 11.6 Å². The Morgan fingerprint density at radius 2 is 2.11 bits per heavy atom. The van der Waals surface area contributed by atoms with Gasteiger partial charge >= 0.3 is 6.18 Å². The molecule has 4 nitrogen and oxygen atoms in total. The van der Waals surface area contributed by atoms with Gasteiger partial charge < -0.3 is 10.6 Å². The van der Waals surface area contributed by atoms with E-state index in [2.05, 4.69) is 4.98 Å². The standard InChI is InChI=1S/C11H13ClF3N3O/c1-2-3-18(6-11(13,14)15)10(19)7-4-8(12)17-9(16)5-7/h4-5H,2-3,6H2,1H3,(H2,16,17). The van der Waals surface area contributed by atoms with E-state index < -0.39 is 18.6 Å². The van der Waals surface area contributed by atoms with Crippen LogP contribution in [-0.2, 0) is 0 Å². The molecule has 2 N–H and O–H groups in total. The number of pyridine rings is 1. The minimum atomic E-state index is -4.45. The average molecular weight is 296 g/mol. The number of nitrogen functional groups attached to an aromatic ring is 1. The second-order valence-corrected chi connectivity index (χ2v) is 4.33. The number of alkyl halides is 3. The lowest BCUT2D eigenvalue weighted by molar-refractivity contribution is -0.140. The maximum atomic E-state index is 12.4. The normalized spacial score (nSPS) is 11.4. The van der Waals surface area contributed by atoms with Crippen LogP contribution in [0.5, 0.6) is 0 Å². The van der Waals surface area contributed by atoms with E-state index in [4.69, 9.17) is 17.3 Å². The minimum Gasteiger partial charge on any atom is -0.384 e. The SMILES string of the molecule is CCCN(CC(F)(F)F)C(=O)c1cc(N)nc(Cl)c1. The molecule has 0 saturated heterocycles. The van der Waals surface area contributed by atoms with E-state index in [-0.39, 0.29) is 23.1 Å². The van der Waals surface area contributed by atoms with E-state index in [0.29, 0.717) is 11.3 Å². The summed E-state index contributed by atoms with van der Waals surface area (Å²) in [6.07, 6.45) is -4.04. The van der Waals surface area contributed by atoms with Crippen LogP contribution in [-0.4, -0.2) is 35.1 Å². The van der Waals surface area contributed by atoms with Crippen molar-refractivity contribution in [1.29, 1.82) is 0 Å². The van der Waals surface area contributed by atoms with E-state index in [1.54, 1.807) is 6.92 Å². The molecule has 1 aromatic heterocycles. The van der Waals surface area contributed by atoms with Gasteiger partial charge in [-0.3, -0.25) is 4.79 Å². The van der Waals surface area contributed by atoms with Gasteiger partial charge in [0.25, 0.3) is 5.91 Å². The fourth-order valence-corrected chi connectivity index (χ4v) is 1.78. The minimum absolute atomic E-state index is 0.00180. The Hall–Kier alpha value is -1.50. The van der Waals surface area contributed by atoms with Gasteiger partial charge in [-0.2, -0.15) is 13.2 Å². The molecular weight excluding hydrogens is 283 g/mol. The van der Waals surface area contributed by atoms with Crippen LogP contribution in [0.4, 0.5) is 19.0 Å². The first kappa shape index (κ1) is 15.6. The van der Waals surface area contributed by atoms with E-state index in [9.17, 15) is 18.0 Å². The van der Waals surface area contributed by atoms with Crippen molar-refractivity contribution >= 4 is 23.3 Å². The predicted molar refractivity (Wildman–Crippen MR) is 65.9 cm³/mol. The van der Waals surface area contributed by atoms with Crippen molar-refractivity contribution < 1.29 is 18.0 Å². The summed E-state index contributed by atoms with van der Waals surface area (Å²) < 4.78 is 37.2. The van der Waals surface area contributed by atoms with Crippen LogP contribution in [0.2, 0.25) is 5.15 Å². The third-order valence-corrected chi connectivity index (χ3v) is 2.41. The third-order valence-electron chi connectivity index (χ3n) is 2.21. The molecule has 8 heteroatoms. The number of carbonyl (C=O) groups is 1. The highest BCUT2D eigenvalue weighted by atomic mass is 35.5. The van der Waals surface area contributed by atoms with E-state index in [0.717, 1.165) is 0 Å². The number of aromatic nitrogens is 1. The Labute approximate surface area is 113 Å². The zero-order chi connectivity index (χ0) is 14.6. The van der Waals surface area contributed by atoms with Gasteiger partial charge in [-0.25, -0.2) is 4.98 Å². The maximum Gasteiger partial charge on any atom is 0.406 e. The molecule has 0 atom stereocenters. The van der Waals surface area contributed by atoms with Crippen LogP contribution in [0.25, 0.3) is 0 Å². The van der Waals surface area contributed by atoms with Gasteiger partial charge in [0.15, 0.2) is 0 Å². The van der Waals surface area contributed by atoms with Crippen LogP contribution in [0, 0.1) is 0 Å². The number of rotatable bonds is 4. The highest BCUT2D eigenvalue weighted by Gasteiger charge is 2.33. The van der Waals surface area contributed by atoms with Crippen LogP contribution in [0.1, 0.15) is 23.7 Å². The van der Waals surface area contributed by atoms with Gasteiger partial charge in [0, 0.05) is 12.1 Å². The molecule has 0 unspecified atom stereocenters. The molecule has 0 radical (unpaired) electrons. The van der Waals surface area contributed by atoms with Crippen LogP contribution in [0.15, 0.2) is 12.1 Å². The summed E-state index contributed by atoms with van der Waals surface area (Å²) in [4.78, 5) is 16.4. The second-order valence-electron chi connectivity index (χ2n) is 3.95. The van der Waals surface area contributed by atoms with Crippen molar-refractivity contribution in [2.24, 2.45) is 0 Å². The lowest BCUT2D eigenvalue weighted by Gasteiger charge is -2.23. The maximum absolute atomic E-state index is 12.4. The molecule has 0 saturated carbocycles. The van der Waals surface area contributed by atoms with Gasteiger partial charge in [0.1, 0.15) is 17.5 Å². The number of halogens is 4. The highest BCUT2D eigenvalue weighted by Crippen LogP contribution is 2.20. The van der Waals surface area contributed by atoms with Crippen LogP contribution < -0.4 is 5.73 Å². The first-order chi connectivity index (χ1) is 8.73. The molecule has 19 heavy (non-hydrogen) atoms. The van der Waals surface area contributed by atoms with Gasteiger partial charge in [0.05, 0.1) is 0 Å². The molecule has 1 aromatic rings. The predicted octanol–water partition coefficient (Wildman–Crippen LogP) is 2.73. The summed E-state index contributed by atoms with van der Waals surface area (Å²) in [5.74, 6) is -0.783. The second kappa shape index (κ2) is 6.10. The smallest absolute Gasteiger partial charge is 0.384 e. The van der Waals surface area contributed by atoms with Crippen molar-refractivity contribution in [3.05, 3.63) is 22.8 Å². The molecule has 1 rings (SSSR count).